The van der Waals surface area contributed by atoms with Crippen LogP contribution in [0.25, 0.3) is 0 Å². The van der Waals surface area contributed by atoms with Gasteiger partial charge in [0.2, 0.25) is 0 Å². The molecule has 0 fully saturated rings. The third-order valence-corrected chi connectivity index (χ3v) is 4.27. The first-order valence-electron chi connectivity index (χ1n) is 7.34. The lowest BCUT2D eigenvalue weighted by Gasteiger charge is -2.20. The Morgan fingerprint density at radius 1 is 1.38 bits per heavy atom. The van der Waals surface area contributed by atoms with Crippen LogP contribution in [0.3, 0.4) is 0 Å². The third kappa shape index (κ3) is 4.31. The van der Waals surface area contributed by atoms with Crippen molar-refractivity contribution in [3.05, 3.63) is 51.5 Å². The first-order valence-corrected chi connectivity index (χ1v) is 8.51. The SMILES string of the molecule is CCCn1ccnc1CC(NCC)c1cc(Br)ccc1Cl. The number of halogens is 2. The molecule has 1 aromatic carbocycles. The number of hydrogen-bond acceptors (Lipinski definition) is 2. The van der Waals surface area contributed by atoms with Crippen LogP contribution in [0.5, 0.6) is 0 Å². The van der Waals surface area contributed by atoms with Crippen LogP contribution < -0.4 is 5.32 Å². The van der Waals surface area contributed by atoms with E-state index in [0.717, 1.165) is 46.8 Å². The standard InChI is InChI=1S/C16H21BrClN3/c1-3-8-21-9-7-20-16(21)11-15(19-4-2)13-10-12(17)5-6-14(13)18/h5-7,9-10,15,19H,3-4,8,11H2,1-2H3. The van der Waals surface area contributed by atoms with Crippen molar-refractivity contribution in [3.8, 4) is 0 Å². The number of hydrogen-bond donors (Lipinski definition) is 1. The predicted molar refractivity (Wildman–Crippen MR) is 91.8 cm³/mol. The molecule has 1 unspecified atom stereocenters. The van der Waals surface area contributed by atoms with Crippen LogP contribution in [0.4, 0.5) is 0 Å². The van der Waals surface area contributed by atoms with Gasteiger partial charge in [-0.15, -0.1) is 0 Å². The average molecular weight is 371 g/mol. The molecule has 0 saturated heterocycles. The molecule has 0 radical (unpaired) electrons. The summed E-state index contributed by atoms with van der Waals surface area (Å²) in [6.45, 7) is 6.18. The number of nitrogens with zero attached hydrogens (tertiary/aromatic N) is 2. The van der Waals surface area contributed by atoms with Crippen molar-refractivity contribution in [1.82, 2.24) is 14.9 Å². The van der Waals surface area contributed by atoms with Crippen molar-refractivity contribution in [3.63, 3.8) is 0 Å². The highest BCUT2D eigenvalue weighted by Crippen LogP contribution is 2.28. The lowest BCUT2D eigenvalue weighted by molar-refractivity contribution is 0.516. The fourth-order valence-corrected chi connectivity index (χ4v) is 3.11. The number of rotatable bonds is 7. The van der Waals surface area contributed by atoms with Crippen molar-refractivity contribution in [2.45, 2.75) is 39.3 Å². The summed E-state index contributed by atoms with van der Waals surface area (Å²) in [6.07, 6.45) is 5.85. The van der Waals surface area contributed by atoms with E-state index in [1.807, 2.05) is 24.5 Å². The van der Waals surface area contributed by atoms with Gasteiger partial charge in [-0.2, -0.15) is 0 Å². The van der Waals surface area contributed by atoms with Crippen LogP contribution in [0.2, 0.25) is 5.02 Å². The number of nitrogens with one attached hydrogen (secondary N) is 1. The van der Waals surface area contributed by atoms with Crippen molar-refractivity contribution < 1.29 is 0 Å². The maximum Gasteiger partial charge on any atom is 0.110 e. The maximum atomic E-state index is 6.38. The molecule has 0 aliphatic heterocycles. The Labute approximate surface area is 139 Å². The van der Waals surface area contributed by atoms with Crippen LogP contribution in [-0.2, 0) is 13.0 Å². The average Bonchev–Trinajstić information content (AvgIpc) is 2.89. The molecule has 0 saturated carbocycles. The Kier molecular flexibility index (Phi) is 6.27. The van der Waals surface area contributed by atoms with E-state index < -0.39 is 0 Å². The van der Waals surface area contributed by atoms with E-state index >= 15 is 0 Å². The van der Waals surface area contributed by atoms with Gasteiger partial charge in [-0.3, -0.25) is 0 Å². The van der Waals surface area contributed by atoms with E-state index in [9.17, 15) is 0 Å². The molecule has 1 atom stereocenters. The minimum absolute atomic E-state index is 0.165. The van der Waals surface area contributed by atoms with Gasteiger partial charge in [-0.25, -0.2) is 4.98 Å². The molecular weight excluding hydrogens is 350 g/mol. The highest BCUT2D eigenvalue weighted by atomic mass is 79.9. The van der Waals surface area contributed by atoms with E-state index in [4.69, 9.17) is 11.6 Å². The minimum atomic E-state index is 0.165. The van der Waals surface area contributed by atoms with E-state index in [-0.39, 0.29) is 6.04 Å². The van der Waals surface area contributed by atoms with Gasteiger partial charge >= 0.3 is 0 Å². The van der Waals surface area contributed by atoms with Crippen molar-refractivity contribution >= 4 is 27.5 Å². The normalized spacial score (nSPS) is 12.6. The number of imidazole rings is 1. The van der Waals surface area contributed by atoms with Crippen LogP contribution >= 0.6 is 27.5 Å². The molecule has 114 valence electrons. The van der Waals surface area contributed by atoms with Gasteiger partial charge in [0.25, 0.3) is 0 Å². The molecule has 0 bridgehead atoms. The molecule has 0 aliphatic carbocycles. The Balaban J connectivity index is 2.26. The minimum Gasteiger partial charge on any atom is -0.335 e. The number of benzene rings is 1. The van der Waals surface area contributed by atoms with Gasteiger partial charge in [0.1, 0.15) is 5.82 Å². The van der Waals surface area contributed by atoms with E-state index in [2.05, 4.69) is 50.7 Å². The summed E-state index contributed by atoms with van der Waals surface area (Å²) in [7, 11) is 0. The summed E-state index contributed by atoms with van der Waals surface area (Å²) in [4.78, 5) is 4.50. The third-order valence-electron chi connectivity index (χ3n) is 3.44. The maximum absolute atomic E-state index is 6.38. The Morgan fingerprint density at radius 3 is 2.90 bits per heavy atom. The Hall–Kier alpha value is -0.840. The van der Waals surface area contributed by atoms with Gasteiger partial charge < -0.3 is 9.88 Å². The molecule has 21 heavy (non-hydrogen) atoms. The highest BCUT2D eigenvalue weighted by Gasteiger charge is 2.17. The van der Waals surface area contributed by atoms with Crippen molar-refractivity contribution in [2.24, 2.45) is 0 Å². The van der Waals surface area contributed by atoms with Gasteiger partial charge in [0.15, 0.2) is 0 Å². The van der Waals surface area contributed by atoms with Gasteiger partial charge in [0, 0.05) is 40.9 Å². The van der Waals surface area contributed by atoms with Gasteiger partial charge in [-0.1, -0.05) is 41.4 Å². The van der Waals surface area contributed by atoms with Crippen LogP contribution in [-0.4, -0.2) is 16.1 Å². The predicted octanol–water partition coefficient (Wildman–Crippen LogP) is 4.60. The summed E-state index contributed by atoms with van der Waals surface area (Å²) in [6, 6.07) is 6.15. The largest absolute Gasteiger partial charge is 0.335 e. The van der Waals surface area contributed by atoms with Crippen molar-refractivity contribution in [2.75, 3.05) is 6.54 Å². The second-order valence-corrected chi connectivity index (χ2v) is 6.34. The molecule has 0 aliphatic rings. The van der Waals surface area contributed by atoms with Crippen LogP contribution in [0, 0.1) is 0 Å². The molecule has 1 heterocycles. The monoisotopic (exact) mass is 369 g/mol. The highest BCUT2D eigenvalue weighted by molar-refractivity contribution is 9.10. The summed E-state index contributed by atoms with van der Waals surface area (Å²) in [5.41, 5.74) is 1.11. The second kappa shape index (κ2) is 7.97. The molecule has 0 spiro atoms. The molecule has 2 aromatic rings. The molecule has 0 amide bonds. The zero-order valence-electron chi connectivity index (χ0n) is 12.4. The molecule has 1 aromatic heterocycles. The summed E-state index contributed by atoms with van der Waals surface area (Å²) in [5, 5.41) is 4.31. The van der Waals surface area contributed by atoms with E-state index in [1.165, 1.54) is 0 Å². The number of aromatic nitrogens is 2. The molecule has 1 N–H and O–H groups in total. The van der Waals surface area contributed by atoms with E-state index in [1.54, 1.807) is 0 Å². The Morgan fingerprint density at radius 2 is 2.19 bits per heavy atom. The summed E-state index contributed by atoms with van der Waals surface area (Å²) < 4.78 is 3.26. The fraction of sp³-hybridized carbons (Fsp3) is 0.438. The fourth-order valence-electron chi connectivity index (χ4n) is 2.48. The smallest absolute Gasteiger partial charge is 0.110 e. The topological polar surface area (TPSA) is 29.9 Å². The molecular formula is C16H21BrClN3. The first kappa shape index (κ1) is 16.5. The lowest BCUT2D eigenvalue weighted by atomic mass is 10.0. The zero-order valence-corrected chi connectivity index (χ0v) is 14.8. The summed E-state index contributed by atoms with van der Waals surface area (Å²) >= 11 is 9.91. The van der Waals surface area contributed by atoms with Crippen LogP contribution in [0.15, 0.2) is 35.1 Å². The second-order valence-electron chi connectivity index (χ2n) is 5.02. The van der Waals surface area contributed by atoms with Crippen molar-refractivity contribution in [1.29, 1.82) is 0 Å². The summed E-state index contributed by atoms with van der Waals surface area (Å²) in [5.74, 6) is 1.10. The van der Waals surface area contributed by atoms with E-state index in [0.29, 0.717) is 0 Å². The Bertz CT molecular complexity index is 583. The van der Waals surface area contributed by atoms with Crippen LogP contribution in [0.1, 0.15) is 37.7 Å². The molecule has 2 rings (SSSR count). The molecule has 5 heteroatoms. The van der Waals surface area contributed by atoms with Gasteiger partial charge in [0.05, 0.1) is 0 Å². The number of aryl methyl sites for hydroxylation is 1. The quantitative estimate of drug-likeness (QED) is 0.772. The lowest BCUT2D eigenvalue weighted by Crippen LogP contribution is -2.24. The van der Waals surface area contributed by atoms with Gasteiger partial charge in [-0.05, 0) is 36.7 Å². The molecule has 3 nitrogen and oxygen atoms in total. The zero-order chi connectivity index (χ0) is 15.2. The number of likely N-dealkylation sites (N-methyl/N-ethyl adjacent to an activating group) is 1. The first-order chi connectivity index (χ1) is 10.2.